The Morgan fingerprint density at radius 2 is 1.68 bits per heavy atom. The minimum atomic E-state index is 0.748. The molecule has 4 aromatic rings. The molecule has 25 heavy (non-hydrogen) atoms. The Morgan fingerprint density at radius 3 is 2.52 bits per heavy atom. The van der Waals surface area contributed by atoms with Gasteiger partial charge in [0.2, 0.25) is 0 Å². The molecular weight excluding hydrogens is 314 g/mol. The summed E-state index contributed by atoms with van der Waals surface area (Å²) in [6, 6.07) is 17.6. The molecule has 0 bridgehead atoms. The van der Waals surface area contributed by atoms with Crippen molar-refractivity contribution in [1.29, 1.82) is 0 Å². The van der Waals surface area contributed by atoms with Gasteiger partial charge in [-0.05, 0) is 42.5 Å². The van der Waals surface area contributed by atoms with Gasteiger partial charge in [-0.2, -0.15) is 0 Å². The fraction of sp³-hybridized carbons (Fsp3) is 0.100. The van der Waals surface area contributed by atoms with Crippen LogP contribution in [0.4, 0.5) is 11.5 Å². The van der Waals surface area contributed by atoms with Gasteiger partial charge in [-0.1, -0.05) is 6.07 Å². The summed E-state index contributed by atoms with van der Waals surface area (Å²) in [7, 11) is 3.31. The summed E-state index contributed by atoms with van der Waals surface area (Å²) in [4.78, 5) is 9.15. The van der Waals surface area contributed by atoms with Crippen LogP contribution < -0.4 is 14.8 Å². The topological polar surface area (TPSA) is 56.3 Å². The van der Waals surface area contributed by atoms with E-state index < -0.39 is 0 Å². The second kappa shape index (κ2) is 6.28. The number of anilines is 2. The largest absolute Gasteiger partial charge is 0.497 e. The van der Waals surface area contributed by atoms with Crippen LogP contribution in [0.2, 0.25) is 0 Å². The predicted molar refractivity (Wildman–Crippen MR) is 99.9 cm³/mol. The number of nitrogens with one attached hydrogen (secondary N) is 1. The number of aromatic nitrogens is 2. The van der Waals surface area contributed by atoms with Crippen LogP contribution in [0.3, 0.4) is 0 Å². The van der Waals surface area contributed by atoms with Crippen LogP contribution in [-0.4, -0.2) is 24.2 Å². The first-order valence-corrected chi connectivity index (χ1v) is 7.91. The lowest BCUT2D eigenvalue weighted by Crippen LogP contribution is -1.97. The molecule has 0 unspecified atom stereocenters. The van der Waals surface area contributed by atoms with Gasteiger partial charge in [0.05, 0.1) is 30.9 Å². The van der Waals surface area contributed by atoms with Crippen molar-refractivity contribution in [1.82, 2.24) is 9.97 Å². The fourth-order valence-corrected chi connectivity index (χ4v) is 2.82. The van der Waals surface area contributed by atoms with Crippen molar-refractivity contribution < 1.29 is 9.47 Å². The van der Waals surface area contributed by atoms with E-state index in [9.17, 15) is 0 Å². The number of nitrogens with zero attached hydrogens (tertiary/aromatic N) is 2. The molecule has 0 aliphatic rings. The second-order valence-corrected chi connectivity index (χ2v) is 5.63. The lowest BCUT2D eigenvalue weighted by atomic mass is 10.1. The third-order valence-electron chi connectivity index (χ3n) is 4.07. The maximum atomic E-state index is 5.39. The van der Waals surface area contributed by atoms with Crippen LogP contribution >= 0.6 is 0 Å². The highest BCUT2D eigenvalue weighted by atomic mass is 16.5. The summed E-state index contributed by atoms with van der Waals surface area (Å²) in [5.74, 6) is 2.34. The predicted octanol–water partition coefficient (Wildman–Crippen LogP) is 4.54. The van der Waals surface area contributed by atoms with Gasteiger partial charge in [0.25, 0.3) is 0 Å². The molecular formula is C20H17N3O2. The van der Waals surface area contributed by atoms with Gasteiger partial charge in [0, 0.05) is 23.0 Å². The van der Waals surface area contributed by atoms with E-state index in [1.54, 1.807) is 20.4 Å². The molecule has 0 saturated heterocycles. The molecule has 5 nitrogen and oxygen atoms in total. The summed E-state index contributed by atoms with van der Waals surface area (Å²) in [6.45, 7) is 0. The zero-order valence-electron chi connectivity index (χ0n) is 14.0. The molecule has 0 radical (unpaired) electrons. The summed E-state index contributed by atoms with van der Waals surface area (Å²) in [5.41, 5.74) is 2.63. The van der Waals surface area contributed by atoms with Crippen LogP contribution in [0.5, 0.6) is 11.5 Å². The van der Waals surface area contributed by atoms with Crippen molar-refractivity contribution in [3.05, 3.63) is 60.8 Å². The smallest absolute Gasteiger partial charge is 0.131 e. The van der Waals surface area contributed by atoms with Crippen molar-refractivity contribution in [3.8, 4) is 11.5 Å². The molecule has 0 amide bonds. The molecule has 0 fully saturated rings. The highest BCUT2D eigenvalue weighted by molar-refractivity contribution is 5.93. The van der Waals surface area contributed by atoms with E-state index in [2.05, 4.69) is 15.3 Å². The normalized spacial score (nSPS) is 10.8. The van der Waals surface area contributed by atoms with Gasteiger partial charge < -0.3 is 14.8 Å². The summed E-state index contributed by atoms with van der Waals surface area (Å²) in [5, 5.41) is 5.39. The minimum absolute atomic E-state index is 0.748. The van der Waals surface area contributed by atoms with Gasteiger partial charge >= 0.3 is 0 Å². The van der Waals surface area contributed by atoms with Crippen molar-refractivity contribution in [2.24, 2.45) is 0 Å². The van der Waals surface area contributed by atoms with Gasteiger partial charge in [-0.15, -0.1) is 0 Å². The number of fused-ring (bicyclic) bond motifs is 2. The Morgan fingerprint density at radius 1 is 0.840 bits per heavy atom. The van der Waals surface area contributed by atoms with E-state index in [4.69, 9.17) is 9.47 Å². The Hall–Kier alpha value is -3.34. The molecule has 0 spiro atoms. The van der Waals surface area contributed by atoms with Crippen LogP contribution in [0, 0.1) is 0 Å². The second-order valence-electron chi connectivity index (χ2n) is 5.63. The van der Waals surface area contributed by atoms with Gasteiger partial charge in [-0.25, -0.2) is 4.98 Å². The number of benzene rings is 2. The quantitative estimate of drug-likeness (QED) is 0.595. The molecule has 0 saturated carbocycles. The van der Waals surface area contributed by atoms with Crippen LogP contribution in [0.15, 0.2) is 60.8 Å². The van der Waals surface area contributed by atoms with E-state index >= 15 is 0 Å². The Bertz CT molecular complexity index is 1060. The average molecular weight is 331 g/mol. The van der Waals surface area contributed by atoms with Crippen molar-refractivity contribution in [2.45, 2.75) is 0 Å². The molecule has 1 N–H and O–H groups in total. The molecule has 5 heteroatoms. The first-order valence-electron chi connectivity index (χ1n) is 7.91. The van der Waals surface area contributed by atoms with Crippen LogP contribution in [0.1, 0.15) is 0 Å². The number of methoxy groups -OCH3 is 2. The maximum absolute atomic E-state index is 5.39. The van der Waals surface area contributed by atoms with Gasteiger partial charge in [0.1, 0.15) is 17.3 Å². The Labute approximate surface area is 145 Å². The number of ether oxygens (including phenoxy) is 2. The monoisotopic (exact) mass is 331 g/mol. The molecule has 0 atom stereocenters. The van der Waals surface area contributed by atoms with E-state index in [0.29, 0.717) is 0 Å². The molecule has 2 heterocycles. The van der Waals surface area contributed by atoms with Gasteiger partial charge in [0.15, 0.2) is 0 Å². The van der Waals surface area contributed by atoms with Crippen molar-refractivity contribution in [2.75, 3.05) is 19.5 Å². The summed E-state index contributed by atoms with van der Waals surface area (Å²) < 4.78 is 10.7. The lowest BCUT2D eigenvalue weighted by Gasteiger charge is -2.11. The highest BCUT2D eigenvalue weighted by Gasteiger charge is 2.07. The number of pyridine rings is 2. The first-order chi connectivity index (χ1) is 12.3. The lowest BCUT2D eigenvalue weighted by molar-refractivity contribution is 0.415. The number of rotatable bonds is 4. The fourth-order valence-electron chi connectivity index (χ4n) is 2.82. The minimum Gasteiger partial charge on any atom is -0.497 e. The van der Waals surface area contributed by atoms with Crippen LogP contribution in [0.25, 0.3) is 21.8 Å². The van der Waals surface area contributed by atoms with E-state index in [0.717, 1.165) is 44.8 Å². The Balaban J connectivity index is 1.77. The first kappa shape index (κ1) is 15.2. The SMILES string of the molecule is COc1ccc2nc(Nc3cc(OC)cc4cccnc34)ccc2c1. The molecule has 2 aromatic heterocycles. The molecule has 0 aliphatic carbocycles. The molecule has 0 aliphatic heterocycles. The zero-order chi connectivity index (χ0) is 17.2. The maximum Gasteiger partial charge on any atom is 0.131 e. The zero-order valence-corrected chi connectivity index (χ0v) is 14.0. The molecule has 2 aromatic carbocycles. The average Bonchev–Trinajstić information content (AvgIpc) is 2.67. The number of hydrogen-bond donors (Lipinski definition) is 1. The third kappa shape index (κ3) is 2.92. The number of hydrogen-bond acceptors (Lipinski definition) is 5. The Kier molecular flexibility index (Phi) is 3.82. The summed E-state index contributed by atoms with van der Waals surface area (Å²) in [6.07, 6.45) is 1.78. The van der Waals surface area contributed by atoms with Crippen molar-refractivity contribution in [3.63, 3.8) is 0 Å². The van der Waals surface area contributed by atoms with Gasteiger partial charge in [-0.3, -0.25) is 4.98 Å². The van der Waals surface area contributed by atoms with E-state index in [-0.39, 0.29) is 0 Å². The standard InChI is InChI=1S/C20H17N3O2/c1-24-15-6-7-17-13(10-15)5-8-19(22-17)23-18-12-16(25-2)11-14-4-3-9-21-20(14)18/h3-12H,1-2H3,(H,22,23). The van der Waals surface area contributed by atoms with E-state index in [1.807, 2.05) is 54.6 Å². The van der Waals surface area contributed by atoms with Crippen molar-refractivity contribution >= 4 is 33.3 Å². The van der Waals surface area contributed by atoms with E-state index in [1.165, 1.54) is 0 Å². The molecule has 4 rings (SSSR count). The summed E-state index contributed by atoms with van der Waals surface area (Å²) >= 11 is 0. The molecule has 124 valence electrons. The van der Waals surface area contributed by atoms with Crippen LogP contribution in [-0.2, 0) is 0 Å². The third-order valence-corrected chi connectivity index (χ3v) is 4.07. The highest BCUT2D eigenvalue weighted by Crippen LogP contribution is 2.30.